The van der Waals surface area contributed by atoms with Gasteiger partial charge in [-0.15, -0.1) is 0 Å². The molecule has 1 aromatic heterocycles. The first-order valence-electron chi connectivity index (χ1n) is 7.58. The lowest BCUT2D eigenvalue weighted by molar-refractivity contribution is 0.154. The van der Waals surface area contributed by atoms with Crippen LogP contribution in [0.1, 0.15) is 24.2 Å². The van der Waals surface area contributed by atoms with E-state index in [1.807, 2.05) is 72.3 Å². The molecule has 0 unspecified atom stereocenters. The van der Waals surface area contributed by atoms with Crippen molar-refractivity contribution in [3.63, 3.8) is 0 Å². The Balaban J connectivity index is 1.67. The minimum Gasteiger partial charge on any atom is -0.386 e. The minimum absolute atomic E-state index is 0.203. The van der Waals surface area contributed by atoms with Crippen molar-refractivity contribution in [2.45, 2.75) is 19.1 Å². The van der Waals surface area contributed by atoms with E-state index in [-0.39, 0.29) is 6.04 Å². The van der Waals surface area contributed by atoms with Crippen LogP contribution in [-0.2, 0) is 0 Å². The van der Waals surface area contributed by atoms with Crippen molar-refractivity contribution < 1.29 is 5.11 Å². The second kappa shape index (κ2) is 7.03. The van der Waals surface area contributed by atoms with E-state index in [0.29, 0.717) is 0 Å². The zero-order valence-electron chi connectivity index (χ0n) is 12.9. The Kier molecular flexibility index (Phi) is 4.64. The summed E-state index contributed by atoms with van der Waals surface area (Å²) in [6.07, 6.45) is 6.62. The molecule has 3 aromatic rings. The smallest absolute Gasteiger partial charge is 0.101 e. The molecule has 0 spiro atoms. The average Bonchev–Trinajstić information content (AvgIpc) is 3.15. The van der Waals surface area contributed by atoms with E-state index >= 15 is 0 Å². The molecular formula is C19H19N3O. The molecule has 0 amide bonds. The monoisotopic (exact) mass is 305 g/mol. The van der Waals surface area contributed by atoms with E-state index in [1.165, 1.54) is 0 Å². The van der Waals surface area contributed by atoms with Crippen molar-refractivity contribution in [1.82, 2.24) is 9.55 Å². The number of aromatic nitrogens is 2. The van der Waals surface area contributed by atoms with Crippen LogP contribution in [-0.4, -0.2) is 26.9 Å². The maximum atomic E-state index is 10.3. The summed E-state index contributed by atoms with van der Waals surface area (Å²) in [7, 11) is 0. The third-order valence-corrected chi connectivity index (χ3v) is 3.75. The molecule has 2 atom stereocenters. The number of rotatable bonds is 5. The van der Waals surface area contributed by atoms with E-state index in [4.69, 9.17) is 0 Å². The van der Waals surface area contributed by atoms with Gasteiger partial charge in [0.25, 0.3) is 0 Å². The minimum atomic E-state index is -0.599. The Labute approximate surface area is 135 Å². The van der Waals surface area contributed by atoms with Crippen LogP contribution in [0.4, 0.5) is 0 Å². The molecule has 0 aliphatic heterocycles. The van der Waals surface area contributed by atoms with Crippen LogP contribution in [0.5, 0.6) is 0 Å². The lowest BCUT2D eigenvalue weighted by atomic mass is 10.0. The molecule has 0 bridgehead atoms. The van der Waals surface area contributed by atoms with Gasteiger partial charge in [0.15, 0.2) is 0 Å². The lowest BCUT2D eigenvalue weighted by Gasteiger charge is -2.15. The molecule has 1 heterocycles. The third-order valence-electron chi connectivity index (χ3n) is 3.75. The van der Waals surface area contributed by atoms with Gasteiger partial charge in [-0.25, -0.2) is 4.98 Å². The van der Waals surface area contributed by atoms with Gasteiger partial charge in [-0.2, -0.15) is 0 Å². The zero-order chi connectivity index (χ0) is 16.1. The van der Waals surface area contributed by atoms with Crippen LogP contribution in [0.25, 0.3) is 5.69 Å². The molecule has 3 rings (SSSR count). The highest BCUT2D eigenvalue weighted by molar-refractivity contribution is 5.80. The molecular weight excluding hydrogens is 286 g/mol. The Hall–Kier alpha value is -2.72. The van der Waals surface area contributed by atoms with Crippen LogP contribution in [0.3, 0.4) is 0 Å². The molecule has 0 saturated heterocycles. The van der Waals surface area contributed by atoms with Gasteiger partial charge in [-0.05, 0) is 30.2 Å². The fraction of sp³-hybridized carbons (Fsp3) is 0.158. The number of hydrogen-bond donors (Lipinski definition) is 1. The van der Waals surface area contributed by atoms with Gasteiger partial charge in [0.05, 0.1) is 12.4 Å². The van der Waals surface area contributed by atoms with Crippen molar-refractivity contribution in [3.8, 4) is 5.69 Å². The van der Waals surface area contributed by atoms with E-state index in [9.17, 15) is 5.11 Å². The first-order valence-corrected chi connectivity index (χ1v) is 7.58. The topological polar surface area (TPSA) is 50.4 Å². The van der Waals surface area contributed by atoms with Gasteiger partial charge in [-0.1, -0.05) is 42.5 Å². The summed E-state index contributed by atoms with van der Waals surface area (Å²) in [4.78, 5) is 8.51. The number of imidazole rings is 1. The van der Waals surface area contributed by atoms with Gasteiger partial charge in [0.2, 0.25) is 0 Å². The molecule has 0 aliphatic rings. The number of nitrogens with zero attached hydrogens (tertiary/aromatic N) is 3. The SMILES string of the molecule is C[C@H](N=Cc1ccc(-n2ccnc2)cc1)[C@H](O)c1ccccc1. The summed E-state index contributed by atoms with van der Waals surface area (Å²) in [6, 6.07) is 17.4. The summed E-state index contributed by atoms with van der Waals surface area (Å²) in [5.41, 5.74) is 2.94. The molecule has 116 valence electrons. The summed E-state index contributed by atoms with van der Waals surface area (Å²) >= 11 is 0. The van der Waals surface area contributed by atoms with Gasteiger partial charge in [0, 0.05) is 24.3 Å². The number of benzene rings is 2. The van der Waals surface area contributed by atoms with Crippen molar-refractivity contribution in [1.29, 1.82) is 0 Å². The first kappa shape index (κ1) is 15.2. The highest BCUT2D eigenvalue weighted by Gasteiger charge is 2.14. The van der Waals surface area contributed by atoms with E-state index in [0.717, 1.165) is 16.8 Å². The standard InChI is InChI=1S/C19H19N3O/c1-15(19(23)17-5-3-2-4-6-17)21-13-16-7-9-18(10-8-16)22-12-11-20-14-22/h2-15,19,23H,1H3/t15-,19-/m0/s1. The maximum absolute atomic E-state index is 10.3. The quantitative estimate of drug-likeness (QED) is 0.734. The summed E-state index contributed by atoms with van der Waals surface area (Å²) in [5, 5.41) is 10.3. The van der Waals surface area contributed by atoms with Crippen LogP contribution in [0.2, 0.25) is 0 Å². The molecule has 0 radical (unpaired) electrons. The second-order valence-corrected chi connectivity index (χ2v) is 5.44. The normalized spacial score (nSPS) is 14.0. The van der Waals surface area contributed by atoms with Gasteiger partial charge >= 0.3 is 0 Å². The Bertz CT molecular complexity index is 749. The third kappa shape index (κ3) is 3.73. The number of aliphatic hydroxyl groups is 1. The Morgan fingerprint density at radius 2 is 1.83 bits per heavy atom. The van der Waals surface area contributed by atoms with Crippen molar-refractivity contribution in [2.24, 2.45) is 4.99 Å². The largest absolute Gasteiger partial charge is 0.386 e. The molecule has 0 saturated carbocycles. The van der Waals surface area contributed by atoms with Gasteiger partial charge < -0.3 is 9.67 Å². The molecule has 23 heavy (non-hydrogen) atoms. The van der Waals surface area contributed by atoms with Gasteiger partial charge in [0.1, 0.15) is 6.10 Å². The van der Waals surface area contributed by atoms with Crippen LogP contribution >= 0.6 is 0 Å². The number of aliphatic imine (C=N–C) groups is 1. The summed E-state index contributed by atoms with van der Waals surface area (Å²) in [6.45, 7) is 1.91. The lowest BCUT2D eigenvalue weighted by Crippen LogP contribution is -2.12. The summed E-state index contributed by atoms with van der Waals surface area (Å²) in [5.74, 6) is 0. The van der Waals surface area contributed by atoms with Crippen molar-refractivity contribution >= 4 is 6.21 Å². The van der Waals surface area contributed by atoms with Crippen molar-refractivity contribution in [3.05, 3.63) is 84.4 Å². The van der Waals surface area contributed by atoms with Gasteiger partial charge in [-0.3, -0.25) is 4.99 Å². The maximum Gasteiger partial charge on any atom is 0.101 e. The zero-order valence-corrected chi connectivity index (χ0v) is 12.9. The molecule has 4 heteroatoms. The van der Waals surface area contributed by atoms with Crippen LogP contribution in [0.15, 0.2) is 78.3 Å². The predicted molar refractivity (Wildman–Crippen MR) is 92.0 cm³/mol. The molecule has 0 aliphatic carbocycles. The predicted octanol–water partition coefficient (Wildman–Crippen LogP) is 3.41. The first-order chi connectivity index (χ1) is 11.2. The molecule has 0 fully saturated rings. The van der Waals surface area contributed by atoms with E-state index in [1.54, 1.807) is 18.7 Å². The fourth-order valence-corrected chi connectivity index (χ4v) is 2.36. The highest BCUT2D eigenvalue weighted by Crippen LogP contribution is 2.18. The van der Waals surface area contributed by atoms with E-state index < -0.39 is 6.10 Å². The highest BCUT2D eigenvalue weighted by atomic mass is 16.3. The van der Waals surface area contributed by atoms with Crippen LogP contribution in [0, 0.1) is 0 Å². The molecule has 2 aromatic carbocycles. The Morgan fingerprint density at radius 3 is 2.48 bits per heavy atom. The number of hydrogen-bond acceptors (Lipinski definition) is 3. The summed E-state index contributed by atoms with van der Waals surface area (Å²) < 4.78 is 1.95. The van der Waals surface area contributed by atoms with E-state index in [2.05, 4.69) is 9.98 Å². The van der Waals surface area contributed by atoms with Crippen molar-refractivity contribution in [2.75, 3.05) is 0 Å². The number of aliphatic hydroxyl groups excluding tert-OH is 1. The molecule has 4 nitrogen and oxygen atoms in total. The molecule has 1 N–H and O–H groups in total. The average molecular weight is 305 g/mol. The fourth-order valence-electron chi connectivity index (χ4n) is 2.36. The Morgan fingerprint density at radius 1 is 1.09 bits per heavy atom. The van der Waals surface area contributed by atoms with Crippen LogP contribution < -0.4 is 0 Å². The second-order valence-electron chi connectivity index (χ2n) is 5.44.